The monoisotopic (exact) mass is 373 g/mol. The average molecular weight is 374 g/mol. The van der Waals surface area contributed by atoms with Gasteiger partial charge in [-0.05, 0) is 24.1 Å². The van der Waals surface area contributed by atoms with E-state index in [4.69, 9.17) is 5.73 Å². The number of unbranched alkanes of at least 4 members (excludes halogenated alkanes) is 8. The van der Waals surface area contributed by atoms with Crippen molar-refractivity contribution in [1.29, 1.82) is 0 Å². The maximum absolute atomic E-state index is 11.3. The molecule has 1 aromatic carbocycles. The largest absolute Gasteiger partial charge is 0.396 e. The van der Waals surface area contributed by atoms with Gasteiger partial charge in [0.1, 0.15) is 5.60 Å². The van der Waals surface area contributed by atoms with Crippen molar-refractivity contribution in [2.75, 3.05) is 6.61 Å². The Morgan fingerprint density at radius 3 is 2.41 bits per heavy atom. The van der Waals surface area contributed by atoms with E-state index in [1.165, 1.54) is 44.9 Å². The Morgan fingerprint density at radius 2 is 1.78 bits per heavy atom. The molecular formula is C23H35NO3. The maximum atomic E-state index is 11.3. The Kier molecular flexibility index (Phi) is 11.5. The van der Waals surface area contributed by atoms with Crippen LogP contribution in [0, 0.1) is 11.8 Å². The molecule has 4 heteroatoms. The van der Waals surface area contributed by atoms with E-state index in [1.54, 1.807) is 18.2 Å². The molecular weight excluding hydrogens is 338 g/mol. The van der Waals surface area contributed by atoms with Gasteiger partial charge in [-0.15, -0.1) is 0 Å². The number of benzene rings is 1. The fraction of sp³-hybridized carbons (Fsp3) is 0.609. The first kappa shape index (κ1) is 23.2. The van der Waals surface area contributed by atoms with E-state index in [1.807, 2.05) is 6.07 Å². The molecule has 1 rings (SSSR count). The van der Waals surface area contributed by atoms with E-state index < -0.39 is 11.5 Å². The molecule has 0 saturated heterocycles. The van der Waals surface area contributed by atoms with Crippen LogP contribution in [-0.4, -0.2) is 22.7 Å². The van der Waals surface area contributed by atoms with E-state index >= 15 is 0 Å². The highest BCUT2D eigenvalue weighted by molar-refractivity contribution is 5.75. The lowest BCUT2D eigenvalue weighted by Crippen LogP contribution is -2.33. The number of carbonyl (C=O) groups excluding carboxylic acids is 1. The minimum absolute atomic E-state index is 0.0606. The lowest BCUT2D eigenvalue weighted by atomic mass is 9.86. The van der Waals surface area contributed by atoms with Gasteiger partial charge in [0.25, 0.3) is 0 Å². The average Bonchev–Trinajstić information content (AvgIpc) is 2.63. The maximum Gasteiger partial charge on any atom is 0.220 e. The topological polar surface area (TPSA) is 83.6 Å². The summed E-state index contributed by atoms with van der Waals surface area (Å²) in [6.45, 7) is 2.01. The van der Waals surface area contributed by atoms with Crippen LogP contribution in [0.1, 0.15) is 88.7 Å². The molecule has 1 atom stereocenters. The molecule has 0 spiro atoms. The van der Waals surface area contributed by atoms with Gasteiger partial charge >= 0.3 is 0 Å². The molecule has 0 aliphatic carbocycles. The van der Waals surface area contributed by atoms with E-state index in [-0.39, 0.29) is 19.4 Å². The molecule has 1 unspecified atom stereocenters. The minimum atomic E-state index is -1.45. The molecule has 1 aromatic rings. The molecule has 0 saturated carbocycles. The van der Waals surface area contributed by atoms with Gasteiger partial charge in [0, 0.05) is 25.0 Å². The van der Waals surface area contributed by atoms with Crippen molar-refractivity contribution in [1.82, 2.24) is 0 Å². The zero-order chi connectivity index (χ0) is 20.0. The second-order valence-corrected chi connectivity index (χ2v) is 7.26. The van der Waals surface area contributed by atoms with Crippen molar-refractivity contribution in [3.8, 4) is 11.8 Å². The number of amides is 1. The molecule has 0 bridgehead atoms. The predicted molar refractivity (Wildman–Crippen MR) is 110 cm³/mol. The smallest absolute Gasteiger partial charge is 0.220 e. The molecule has 0 aliphatic heterocycles. The summed E-state index contributed by atoms with van der Waals surface area (Å²) in [5.74, 6) is 5.72. The van der Waals surface area contributed by atoms with Gasteiger partial charge in [0.2, 0.25) is 5.91 Å². The van der Waals surface area contributed by atoms with Crippen molar-refractivity contribution in [2.45, 2.75) is 83.2 Å². The lowest BCUT2D eigenvalue weighted by molar-refractivity contribution is -0.124. The molecule has 4 N–H and O–H groups in total. The zero-order valence-corrected chi connectivity index (χ0v) is 16.7. The Labute approximate surface area is 164 Å². The van der Waals surface area contributed by atoms with Gasteiger partial charge in [-0.2, -0.15) is 0 Å². The summed E-state index contributed by atoms with van der Waals surface area (Å²) in [4.78, 5) is 11.3. The van der Waals surface area contributed by atoms with E-state index in [0.717, 1.165) is 18.4 Å². The number of nitrogens with two attached hydrogens (primary N) is 1. The molecule has 4 nitrogen and oxygen atoms in total. The van der Waals surface area contributed by atoms with Gasteiger partial charge < -0.3 is 15.9 Å². The number of carbonyl (C=O) groups is 1. The SMILES string of the molecule is CCCCCCCCCCC#Cc1cccc(C(O)(CCO)CC(N)=O)c1. The Morgan fingerprint density at radius 1 is 1.11 bits per heavy atom. The number of hydrogen-bond donors (Lipinski definition) is 3. The van der Waals surface area contributed by atoms with Crippen LogP contribution in [0.4, 0.5) is 0 Å². The highest BCUT2D eigenvalue weighted by Gasteiger charge is 2.31. The third-order valence-electron chi connectivity index (χ3n) is 4.78. The first-order valence-electron chi connectivity index (χ1n) is 10.2. The van der Waals surface area contributed by atoms with Crippen LogP contribution >= 0.6 is 0 Å². The first-order valence-corrected chi connectivity index (χ1v) is 10.2. The Balaban J connectivity index is 2.50. The highest BCUT2D eigenvalue weighted by Crippen LogP contribution is 2.29. The van der Waals surface area contributed by atoms with Crippen molar-refractivity contribution in [3.05, 3.63) is 35.4 Å². The fourth-order valence-corrected chi connectivity index (χ4v) is 3.21. The van der Waals surface area contributed by atoms with Gasteiger partial charge in [0.05, 0.1) is 6.42 Å². The third kappa shape index (κ3) is 9.60. The number of hydrogen-bond acceptors (Lipinski definition) is 3. The van der Waals surface area contributed by atoms with Gasteiger partial charge in [-0.25, -0.2) is 0 Å². The quantitative estimate of drug-likeness (QED) is 0.361. The van der Waals surface area contributed by atoms with Gasteiger partial charge in [0.15, 0.2) is 0 Å². The molecule has 0 aromatic heterocycles. The zero-order valence-electron chi connectivity index (χ0n) is 16.7. The summed E-state index contributed by atoms with van der Waals surface area (Å²) in [5.41, 5.74) is 5.16. The summed E-state index contributed by atoms with van der Waals surface area (Å²) in [5, 5.41) is 19.9. The Bertz CT molecular complexity index is 618. The highest BCUT2D eigenvalue weighted by atomic mass is 16.3. The van der Waals surface area contributed by atoms with Crippen LogP contribution in [0.3, 0.4) is 0 Å². The summed E-state index contributed by atoms with van der Waals surface area (Å²) >= 11 is 0. The van der Waals surface area contributed by atoms with Crippen LogP contribution < -0.4 is 5.73 Å². The van der Waals surface area contributed by atoms with Crippen LogP contribution in [0.2, 0.25) is 0 Å². The molecule has 150 valence electrons. The normalized spacial score (nSPS) is 12.9. The lowest BCUT2D eigenvalue weighted by Gasteiger charge is -2.26. The van der Waals surface area contributed by atoms with Crippen molar-refractivity contribution < 1.29 is 15.0 Å². The van der Waals surface area contributed by atoms with Gasteiger partial charge in [-0.1, -0.05) is 75.8 Å². The molecule has 0 fully saturated rings. The number of primary amides is 1. The number of aliphatic hydroxyl groups is 2. The third-order valence-corrected chi connectivity index (χ3v) is 4.78. The van der Waals surface area contributed by atoms with Gasteiger partial charge in [-0.3, -0.25) is 4.79 Å². The summed E-state index contributed by atoms with van der Waals surface area (Å²) < 4.78 is 0. The molecule has 0 heterocycles. The summed E-state index contributed by atoms with van der Waals surface area (Å²) in [7, 11) is 0. The van der Waals surface area contributed by atoms with Crippen LogP contribution in [-0.2, 0) is 10.4 Å². The standard InChI is InChI=1S/C23H35NO3/c1-2-3-4-5-6-7-8-9-10-11-13-20-14-12-15-21(18-20)23(27,16-17-25)19-22(24)26/h12,14-15,18,25,27H,2-10,16-17,19H2,1H3,(H2,24,26). The second-order valence-electron chi connectivity index (χ2n) is 7.26. The van der Waals surface area contributed by atoms with E-state index in [2.05, 4.69) is 18.8 Å². The molecule has 0 radical (unpaired) electrons. The number of rotatable bonds is 13. The minimum Gasteiger partial charge on any atom is -0.396 e. The molecule has 1 amide bonds. The fourth-order valence-electron chi connectivity index (χ4n) is 3.21. The van der Waals surface area contributed by atoms with Crippen molar-refractivity contribution in [2.24, 2.45) is 5.73 Å². The van der Waals surface area contributed by atoms with Crippen LogP contribution in [0.5, 0.6) is 0 Å². The predicted octanol–water partition coefficient (Wildman–Crippen LogP) is 4.01. The summed E-state index contributed by atoms with van der Waals surface area (Å²) in [6.07, 6.45) is 11.0. The molecule has 0 aliphatic rings. The van der Waals surface area contributed by atoms with E-state index in [0.29, 0.717) is 5.56 Å². The molecule has 27 heavy (non-hydrogen) atoms. The van der Waals surface area contributed by atoms with Crippen LogP contribution in [0.15, 0.2) is 24.3 Å². The van der Waals surface area contributed by atoms with Crippen LogP contribution in [0.25, 0.3) is 0 Å². The summed E-state index contributed by atoms with van der Waals surface area (Å²) in [6, 6.07) is 7.20. The Hall–Kier alpha value is -1.83. The second kappa shape index (κ2) is 13.4. The first-order chi connectivity index (χ1) is 13.0. The van der Waals surface area contributed by atoms with E-state index in [9.17, 15) is 15.0 Å². The van der Waals surface area contributed by atoms with Crippen molar-refractivity contribution >= 4 is 5.91 Å². The van der Waals surface area contributed by atoms with Crippen molar-refractivity contribution in [3.63, 3.8) is 0 Å². The number of aliphatic hydroxyl groups excluding tert-OH is 1.